The molecule has 0 aliphatic heterocycles. The summed E-state index contributed by atoms with van der Waals surface area (Å²) in [7, 11) is 0. The van der Waals surface area contributed by atoms with Crippen LogP contribution >= 0.6 is 11.3 Å². The number of benzene rings is 1. The van der Waals surface area contributed by atoms with Gasteiger partial charge in [-0.1, -0.05) is 12.8 Å². The Morgan fingerprint density at radius 1 is 1.47 bits per heavy atom. The van der Waals surface area contributed by atoms with Crippen molar-refractivity contribution in [2.75, 3.05) is 18.8 Å². The molecule has 1 aromatic carbocycles. The number of carbonyl (C=O) groups is 1. The minimum atomic E-state index is -0.000397. The predicted octanol–water partition coefficient (Wildman–Crippen LogP) is 2.97. The summed E-state index contributed by atoms with van der Waals surface area (Å²) in [6, 6.07) is 7.56. The Hall–Kier alpha value is -1.99. The van der Waals surface area contributed by atoms with Gasteiger partial charge in [-0.05, 0) is 36.1 Å². The van der Waals surface area contributed by atoms with E-state index in [2.05, 4.69) is 5.92 Å². The maximum atomic E-state index is 12.4. The molecular weight excluding hydrogens is 256 g/mol. The number of hydrogen-bond donors (Lipinski definition) is 1. The van der Waals surface area contributed by atoms with Gasteiger partial charge in [-0.25, -0.2) is 0 Å². The Balaban J connectivity index is 2.32. The quantitative estimate of drug-likeness (QED) is 0.687. The molecule has 0 atom stereocenters. The molecule has 98 valence electrons. The lowest BCUT2D eigenvalue weighted by Crippen LogP contribution is -2.31. The van der Waals surface area contributed by atoms with Gasteiger partial charge in [-0.2, -0.15) is 0 Å². The SMILES string of the molecule is C#CCN(CCC)C(=O)c1cc2cc(N)ccc2s1. The van der Waals surface area contributed by atoms with Gasteiger partial charge in [0.05, 0.1) is 11.4 Å². The van der Waals surface area contributed by atoms with Gasteiger partial charge in [0.15, 0.2) is 0 Å². The van der Waals surface area contributed by atoms with Crippen molar-refractivity contribution in [3.05, 3.63) is 29.1 Å². The molecule has 2 rings (SSSR count). The molecule has 0 fully saturated rings. The minimum absolute atomic E-state index is 0.000397. The van der Waals surface area contributed by atoms with Crippen molar-refractivity contribution < 1.29 is 4.79 Å². The highest BCUT2D eigenvalue weighted by Gasteiger charge is 2.16. The number of rotatable bonds is 4. The Labute approximate surface area is 117 Å². The highest BCUT2D eigenvalue weighted by Crippen LogP contribution is 2.28. The third-order valence-electron chi connectivity index (χ3n) is 2.81. The summed E-state index contributed by atoms with van der Waals surface area (Å²) in [6.45, 7) is 3.06. The molecule has 0 saturated carbocycles. The average Bonchev–Trinajstić information content (AvgIpc) is 2.80. The second kappa shape index (κ2) is 5.77. The first-order valence-electron chi connectivity index (χ1n) is 6.17. The van der Waals surface area contributed by atoms with Gasteiger partial charge in [-0.3, -0.25) is 4.79 Å². The highest BCUT2D eigenvalue weighted by molar-refractivity contribution is 7.20. The van der Waals surface area contributed by atoms with Gasteiger partial charge in [0.25, 0.3) is 5.91 Å². The molecule has 4 heteroatoms. The van der Waals surface area contributed by atoms with E-state index in [1.165, 1.54) is 11.3 Å². The number of fused-ring (bicyclic) bond motifs is 1. The first kappa shape index (κ1) is 13.4. The molecule has 0 aliphatic carbocycles. The lowest BCUT2D eigenvalue weighted by atomic mass is 10.2. The zero-order valence-corrected chi connectivity index (χ0v) is 11.7. The molecule has 0 spiro atoms. The van der Waals surface area contributed by atoms with Crippen LogP contribution in [0.2, 0.25) is 0 Å². The first-order chi connectivity index (χ1) is 9.15. The number of nitrogens with two attached hydrogens (primary N) is 1. The van der Waals surface area contributed by atoms with E-state index in [1.807, 2.05) is 31.2 Å². The molecule has 0 unspecified atom stereocenters. The third-order valence-corrected chi connectivity index (χ3v) is 3.92. The summed E-state index contributed by atoms with van der Waals surface area (Å²) in [5.74, 6) is 2.54. The number of hydrogen-bond acceptors (Lipinski definition) is 3. The average molecular weight is 272 g/mol. The van der Waals surface area contributed by atoms with E-state index in [-0.39, 0.29) is 5.91 Å². The fraction of sp³-hybridized carbons (Fsp3) is 0.267. The number of anilines is 1. The second-order valence-corrected chi connectivity index (χ2v) is 5.42. The van der Waals surface area contributed by atoms with Crippen molar-refractivity contribution in [2.24, 2.45) is 0 Å². The molecule has 1 heterocycles. The molecule has 1 amide bonds. The zero-order valence-electron chi connectivity index (χ0n) is 10.8. The van der Waals surface area contributed by atoms with E-state index in [0.717, 1.165) is 16.5 Å². The van der Waals surface area contributed by atoms with E-state index in [0.29, 0.717) is 23.7 Å². The minimum Gasteiger partial charge on any atom is -0.399 e. The fourth-order valence-corrected chi connectivity index (χ4v) is 2.97. The monoisotopic (exact) mass is 272 g/mol. The number of terminal acetylenes is 1. The standard InChI is InChI=1S/C15H16N2OS/c1-3-7-17(8-4-2)15(18)14-10-11-9-12(16)5-6-13(11)19-14/h1,5-6,9-10H,4,7-8,16H2,2H3. The Morgan fingerprint density at radius 2 is 2.26 bits per heavy atom. The summed E-state index contributed by atoms with van der Waals surface area (Å²) < 4.78 is 1.06. The zero-order chi connectivity index (χ0) is 13.8. The van der Waals surface area contributed by atoms with Crippen LogP contribution in [-0.4, -0.2) is 23.9 Å². The molecule has 0 bridgehead atoms. The van der Waals surface area contributed by atoms with Crippen LogP contribution in [0.15, 0.2) is 24.3 Å². The number of thiophene rings is 1. The fourth-order valence-electron chi connectivity index (χ4n) is 1.96. The van der Waals surface area contributed by atoms with Crippen molar-refractivity contribution in [3.8, 4) is 12.3 Å². The Kier molecular flexibility index (Phi) is 4.08. The van der Waals surface area contributed by atoms with Crippen LogP contribution in [0.4, 0.5) is 5.69 Å². The lowest BCUT2D eigenvalue weighted by Gasteiger charge is -2.18. The number of carbonyl (C=O) groups excluding carboxylic acids is 1. The summed E-state index contributed by atoms with van der Waals surface area (Å²) in [4.78, 5) is 14.8. The van der Waals surface area contributed by atoms with Gasteiger partial charge >= 0.3 is 0 Å². The topological polar surface area (TPSA) is 46.3 Å². The van der Waals surface area contributed by atoms with Crippen LogP contribution in [0.3, 0.4) is 0 Å². The van der Waals surface area contributed by atoms with Crippen molar-refractivity contribution in [1.82, 2.24) is 4.90 Å². The van der Waals surface area contributed by atoms with E-state index in [9.17, 15) is 4.79 Å². The molecule has 0 aliphatic rings. The Bertz CT molecular complexity index is 639. The van der Waals surface area contributed by atoms with Crippen LogP contribution in [0, 0.1) is 12.3 Å². The highest BCUT2D eigenvalue weighted by atomic mass is 32.1. The van der Waals surface area contributed by atoms with Gasteiger partial charge in [0, 0.05) is 16.9 Å². The molecule has 2 N–H and O–H groups in total. The number of nitrogen functional groups attached to an aromatic ring is 1. The van der Waals surface area contributed by atoms with Crippen molar-refractivity contribution in [3.63, 3.8) is 0 Å². The van der Waals surface area contributed by atoms with E-state index < -0.39 is 0 Å². The number of amides is 1. The first-order valence-corrected chi connectivity index (χ1v) is 6.99. The van der Waals surface area contributed by atoms with Gasteiger partial charge in [0.2, 0.25) is 0 Å². The van der Waals surface area contributed by atoms with Crippen LogP contribution in [0.1, 0.15) is 23.0 Å². The molecule has 0 radical (unpaired) electrons. The van der Waals surface area contributed by atoms with Gasteiger partial charge in [-0.15, -0.1) is 17.8 Å². The molecule has 19 heavy (non-hydrogen) atoms. The van der Waals surface area contributed by atoms with Crippen molar-refractivity contribution in [2.45, 2.75) is 13.3 Å². The van der Waals surface area contributed by atoms with Gasteiger partial charge < -0.3 is 10.6 Å². The summed E-state index contributed by atoms with van der Waals surface area (Å²) in [5, 5.41) is 1.01. The molecular formula is C15H16N2OS. The molecule has 0 saturated heterocycles. The maximum Gasteiger partial charge on any atom is 0.264 e. The molecule has 1 aromatic heterocycles. The van der Waals surface area contributed by atoms with E-state index in [4.69, 9.17) is 12.2 Å². The summed E-state index contributed by atoms with van der Waals surface area (Å²) >= 11 is 1.48. The van der Waals surface area contributed by atoms with Crippen LogP contribution < -0.4 is 5.73 Å². The maximum absolute atomic E-state index is 12.4. The van der Waals surface area contributed by atoms with Crippen LogP contribution in [0.5, 0.6) is 0 Å². The van der Waals surface area contributed by atoms with E-state index in [1.54, 1.807) is 4.90 Å². The largest absolute Gasteiger partial charge is 0.399 e. The smallest absolute Gasteiger partial charge is 0.264 e. The van der Waals surface area contributed by atoms with Gasteiger partial charge in [0.1, 0.15) is 0 Å². The summed E-state index contributed by atoms with van der Waals surface area (Å²) in [5.41, 5.74) is 6.45. The Morgan fingerprint density at radius 3 is 2.95 bits per heavy atom. The molecule has 3 nitrogen and oxygen atoms in total. The third kappa shape index (κ3) is 2.88. The van der Waals surface area contributed by atoms with Crippen molar-refractivity contribution in [1.29, 1.82) is 0 Å². The normalized spacial score (nSPS) is 10.3. The van der Waals surface area contributed by atoms with Crippen LogP contribution in [-0.2, 0) is 0 Å². The van der Waals surface area contributed by atoms with Crippen molar-refractivity contribution >= 4 is 33.0 Å². The number of nitrogens with zero attached hydrogens (tertiary/aromatic N) is 1. The predicted molar refractivity (Wildman–Crippen MR) is 81.3 cm³/mol. The van der Waals surface area contributed by atoms with Crippen LogP contribution in [0.25, 0.3) is 10.1 Å². The lowest BCUT2D eigenvalue weighted by molar-refractivity contribution is 0.0782. The molecule has 2 aromatic rings. The van der Waals surface area contributed by atoms with E-state index >= 15 is 0 Å². The second-order valence-electron chi connectivity index (χ2n) is 4.34. The summed E-state index contributed by atoms with van der Waals surface area (Å²) in [6.07, 6.45) is 6.21.